The fourth-order valence-electron chi connectivity index (χ4n) is 2.54. The van der Waals surface area contributed by atoms with Gasteiger partial charge in [0.1, 0.15) is 11.6 Å². The molecule has 1 aliphatic heterocycles. The number of nitrogens with zero attached hydrogens (tertiary/aromatic N) is 5. The second-order valence-corrected chi connectivity index (χ2v) is 5.26. The zero-order valence-corrected chi connectivity index (χ0v) is 12.2. The molecule has 0 aliphatic carbocycles. The molecular formula is C16H17N5O. The van der Waals surface area contributed by atoms with Gasteiger partial charge < -0.3 is 9.64 Å². The number of nitriles is 1. The summed E-state index contributed by atoms with van der Waals surface area (Å²) in [6, 6.07) is 7.38. The minimum atomic E-state index is 0.429. The number of anilines is 1. The fraction of sp³-hybridized carbons (Fsp3) is 0.375. The average molecular weight is 295 g/mol. The van der Waals surface area contributed by atoms with Crippen molar-refractivity contribution in [2.45, 2.75) is 12.8 Å². The van der Waals surface area contributed by atoms with Gasteiger partial charge in [0.15, 0.2) is 0 Å². The van der Waals surface area contributed by atoms with Gasteiger partial charge >= 0.3 is 0 Å². The minimum absolute atomic E-state index is 0.429. The third-order valence-corrected chi connectivity index (χ3v) is 3.80. The summed E-state index contributed by atoms with van der Waals surface area (Å²) in [6.45, 7) is 2.44. The predicted octanol–water partition coefficient (Wildman–Crippen LogP) is 2.04. The molecule has 0 atom stereocenters. The Morgan fingerprint density at radius 2 is 1.86 bits per heavy atom. The number of ether oxygens (including phenoxy) is 1. The van der Waals surface area contributed by atoms with Crippen molar-refractivity contribution in [1.29, 1.82) is 5.26 Å². The standard InChI is InChI=1S/C16H17N5O/c17-11-14-3-1-6-18-15(14)22-12-13-4-9-21(10-5-13)16-19-7-2-8-20-16/h1-3,6-8,13H,4-5,9-10,12H2. The van der Waals surface area contributed by atoms with Gasteiger partial charge in [-0.15, -0.1) is 0 Å². The van der Waals surface area contributed by atoms with Gasteiger partial charge in [-0.05, 0) is 37.0 Å². The number of rotatable bonds is 4. The van der Waals surface area contributed by atoms with Crippen molar-refractivity contribution in [2.75, 3.05) is 24.6 Å². The number of piperidine rings is 1. The van der Waals surface area contributed by atoms with Crippen molar-refractivity contribution in [3.8, 4) is 11.9 Å². The first-order valence-corrected chi connectivity index (χ1v) is 7.36. The Balaban J connectivity index is 1.51. The Morgan fingerprint density at radius 1 is 1.14 bits per heavy atom. The quantitative estimate of drug-likeness (QED) is 0.859. The highest BCUT2D eigenvalue weighted by atomic mass is 16.5. The highest BCUT2D eigenvalue weighted by molar-refractivity contribution is 5.37. The maximum absolute atomic E-state index is 9.03. The van der Waals surface area contributed by atoms with E-state index in [1.54, 1.807) is 30.7 Å². The monoisotopic (exact) mass is 295 g/mol. The third kappa shape index (κ3) is 3.31. The second kappa shape index (κ2) is 6.85. The van der Waals surface area contributed by atoms with Gasteiger partial charge in [0.25, 0.3) is 0 Å². The molecule has 0 bridgehead atoms. The first kappa shape index (κ1) is 14.3. The van der Waals surface area contributed by atoms with Crippen LogP contribution in [0.2, 0.25) is 0 Å². The van der Waals surface area contributed by atoms with E-state index < -0.39 is 0 Å². The molecule has 1 fully saturated rings. The van der Waals surface area contributed by atoms with E-state index in [0.717, 1.165) is 31.9 Å². The van der Waals surface area contributed by atoms with Gasteiger partial charge in [-0.1, -0.05) is 0 Å². The third-order valence-electron chi connectivity index (χ3n) is 3.80. The Hall–Kier alpha value is -2.68. The molecule has 2 aromatic heterocycles. The molecule has 0 amide bonds. The maximum atomic E-state index is 9.03. The number of pyridine rings is 1. The second-order valence-electron chi connectivity index (χ2n) is 5.26. The Labute approximate surface area is 129 Å². The van der Waals surface area contributed by atoms with Crippen LogP contribution in [0.5, 0.6) is 5.88 Å². The molecule has 2 aromatic rings. The van der Waals surface area contributed by atoms with Crippen molar-refractivity contribution in [2.24, 2.45) is 5.92 Å². The fourth-order valence-corrected chi connectivity index (χ4v) is 2.54. The van der Waals surface area contributed by atoms with Gasteiger partial charge in [0.05, 0.1) is 6.61 Å². The molecule has 0 unspecified atom stereocenters. The van der Waals surface area contributed by atoms with Crippen LogP contribution in [0.25, 0.3) is 0 Å². The van der Waals surface area contributed by atoms with E-state index in [0.29, 0.717) is 24.0 Å². The SMILES string of the molecule is N#Cc1cccnc1OCC1CCN(c2ncccn2)CC1. The summed E-state index contributed by atoms with van der Waals surface area (Å²) in [5, 5.41) is 9.03. The van der Waals surface area contributed by atoms with E-state index in [9.17, 15) is 0 Å². The molecule has 3 heterocycles. The van der Waals surface area contributed by atoms with E-state index in [1.165, 1.54) is 0 Å². The van der Waals surface area contributed by atoms with E-state index in [2.05, 4.69) is 25.9 Å². The van der Waals surface area contributed by atoms with Crippen LogP contribution in [-0.2, 0) is 0 Å². The van der Waals surface area contributed by atoms with Crippen LogP contribution in [-0.4, -0.2) is 34.6 Å². The van der Waals surface area contributed by atoms with Crippen LogP contribution in [0, 0.1) is 17.2 Å². The summed E-state index contributed by atoms with van der Waals surface area (Å²) in [4.78, 5) is 14.9. The predicted molar refractivity (Wildman–Crippen MR) is 81.4 cm³/mol. The van der Waals surface area contributed by atoms with Crippen molar-refractivity contribution in [3.63, 3.8) is 0 Å². The van der Waals surface area contributed by atoms with Crippen LogP contribution in [0.3, 0.4) is 0 Å². The summed E-state index contributed by atoms with van der Waals surface area (Å²) in [6.07, 6.45) is 7.22. The van der Waals surface area contributed by atoms with E-state index >= 15 is 0 Å². The summed E-state index contributed by atoms with van der Waals surface area (Å²) >= 11 is 0. The molecule has 6 nitrogen and oxygen atoms in total. The summed E-state index contributed by atoms with van der Waals surface area (Å²) in [7, 11) is 0. The lowest BCUT2D eigenvalue weighted by Gasteiger charge is -2.31. The van der Waals surface area contributed by atoms with Crippen LogP contribution >= 0.6 is 0 Å². The molecule has 1 saturated heterocycles. The molecule has 0 spiro atoms. The van der Waals surface area contributed by atoms with Crippen molar-refractivity contribution in [1.82, 2.24) is 15.0 Å². The lowest BCUT2D eigenvalue weighted by Crippen LogP contribution is -2.36. The highest BCUT2D eigenvalue weighted by Crippen LogP contribution is 2.22. The molecule has 22 heavy (non-hydrogen) atoms. The molecule has 0 aromatic carbocycles. The van der Waals surface area contributed by atoms with Crippen LogP contribution in [0.1, 0.15) is 18.4 Å². The van der Waals surface area contributed by atoms with Gasteiger partial charge in [0, 0.05) is 31.7 Å². The molecule has 0 saturated carbocycles. The molecule has 0 radical (unpaired) electrons. The van der Waals surface area contributed by atoms with Crippen LogP contribution in [0.15, 0.2) is 36.8 Å². The lowest BCUT2D eigenvalue weighted by atomic mass is 9.98. The maximum Gasteiger partial charge on any atom is 0.231 e. The van der Waals surface area contributed by atoms with Crippen molar-refractivity contribution < 1.29 is 4.74 Å². The molecule has 6 heteroatoms. The lowest BCUT2D eigenvalue weighted by molar-refractivity contribution is 0.215. The normalized spacial score (nSPS) is 15.3. The first-order valence-electron chi connectivity index (χ1n) is 7.36. The first-order chi connectivity index (χ1) is 10.9. The number of hydrogen-bond donors (Lipinski definition) is 0. The molecule has 112 valence electrons. The van der Waals surface area contributed by atoms with Gasteiger partial charge in [-0.25, -0.2) is 15.0 Å². The largest absolute Gasteiger partial charge is 0.476 e. The summed E-state index contributed by atoms with van der Waals surface area (Å²) < 4.78 is 5.73. The summed E-state index contributed by atoms with van der Waals surface area (Å²) in [5.41, 5.74) is 0.484. The average Bonchev–Trinajstić information content (AvgIpc) is 2.61. The van der Waals surface area contributed by atoms with E-state index in [-0.39, 0.29) is 0 Å². The van der Waals surface area contributed by atoms with Gasteiger partial charge in [0.2, 0.25) is 11.8 Å². The van der Waals surface area contributed by atoms with Crippen molar-refractivity contribution in [3.05, 3.63) is 42.4 Å². The Bertz CT molecular complexity index is 647. The van der Waals surface area contributed by atoms with E-state index in [4.69, 9.17) is 10.00 Å². The zero-order valence-electron chi connectivity index (χ0n) is 12.2. The number of aromatic nitrogens is 3. The molecular weight excluding hydrogens is 278 g/mol. The van der Waals surface area contributed by atoms with Crippen molar-refractivity contribution >= 4 is 5.95 Å². The van der Waals surface area contributed by atoms with Gasteiger partial charge in [-0.3, -0.25) is 0 Å². The highest BCUT2D eigenvalue weighted by Gasteiger charge is 2.21. The number of hydrogen-bond acceptors (Lipinski definition) is 6. The smallest absolute Gasteiger partial charge is 0.231 e. The van der Waals surface area contributed by atoms with Crippen LogP contribution in [0.4, 0.5) is 5.95 Å². The Kier molecular flexibility index (Phi) is 4.44. The van der Waals surface area contributed by atoms with Crippen LogP contribution < -0.4 is 9.64 Å². The summed E-state index contributed by atoms with van der Waals surface area (Å²) in [5.74, 6) is 1.69. The Morgan fingerprint density at radius 3 is 2.59 bits per heavy atom. The minimum Gasteiger partial charge on any atom is -0.476 e. The molecule has 3 rings (SSSR count). The molecule has 1 aliphatic rings. The topological polar surface area (TPSA) is 74.9 Å². The molecule has 0 N–H and O–H groups in total. The van der Waals surface area contributed by atoms with E-state index in [1.807, 2.05) is 6.07 Å². The zero-order chi connectivity index (χ0) is 15.2. The van der Waals surface area contributed by atoms with Gasteiger partial charge in [-0.2, -0.15) is 5.26 Å².